The first-order valence-corrected chi connectivity index (χ1v) is 12.1. The molecule has 0 saturated carbocycles. The summed E-state index contributed by atoms with van der Waals surface area (Å²) in [4.78, 5) is 12.5. The van der Waals surface area contributed by atoms with E-state index in [4.69, 9.17) is 33.2 Å². The highest BCUT2D eigenvalue weighted by Gasteiger charge is 2.55. The second kappa shape index (κ2) is 12.0. The molecule has 1 aromatic rings. The highest BCUT2D eigenvalue weighted by atomic mass is 16.7. The van der Waals surface area contributed by atoms with Gasteiger partial charge < -0.3 is 38.3 Å². The Labute approximate surface area is 207 Å². The number of hydrogen-bond donors (Lipinski definition) is 1. The van der Waals surface area contributed by atoms with Gasteiger partial charge in [-0.2, -0.15) is 0 Å². The molecule has 2 saturated heterocycles. The second-order valence-electron chi connectivity index (χ2n) is 10.0. The van der Waals surface area contributed by atoms with Gasteiger partial charge in [0.2, 0.25) is 0 Å². The van der Waals surface area contributed by atoms with Crippen LogP contribution in [0.25, 0.3) is 0 Å². The van der Waals surface area contributed by atoms with Crippen molar-refractivity contribution in [1.29, 1.82) is 0 Å². The number of methoxy groups -OCH3 is 3. The van der Waals surface area contributed by atoms with Crippen molar-refractivity contribution in [2.45, 2.75) is 70.9 Å². The van der Waals surface area contributed by atoms with Gasteiger partial charge in [-0.3, -0.25) is 4.79 Å². The molecule has 0 radical (unpaired) electrons. The van der Waals surface area contributed by atoms with Crippen LogP contribution in [0.5, 0.6) is 5.75 Å². The normalized spacial score (nSPS) is 31.0. The Morgan fingerprint density at radius 2 is 1.83 bits per heavy atom. The number of aliphatic hydroxyl groups is 1. The van der Waals surface area contributed by atoms with Crippen LogP contribution >= 0.6 is 0 Å². The molecule has 9 nitrogen and oxygen atoms in total. The van der Waals surface area contributed by atoms with E-state index in [0.29, 0.717) is 6.61 Å². The van der Waals surface area contributed by atoms with Crippen molar-refractivity contribution in [3.8, 4) is 5.75 Å². The minimum Gasteiger partial charge on any atom is -0.497 e. The molecular formula is C26H40O9. The zero-order valence-corrected chi connectivity index (χ0v) is 21.8. The quantitative estimate of drug-likeness (QED) is 0.366. The molecule has 35 heavy (non-hydrogen) atoms. The maximum atomic E-state index is 12.5. The van der Waals surface area contributed by atoms with Crippen molar-refractivity contribution >= 4 is 5.97 Å². The van der Waals surface area contributed by atoms with Gasteiger partial charge in [-0.1, -0.05) is 26.0 Å². The van der Waals surface area contributed by atoms with E-state index in [9.17, 15) is 9.90 Å². The van der Waals surface area contributed by atoms with E-state index in [1.54, 1.807) is 28.1 Å². The van der Waals surface area contributed by atoms with Gasteiger partial charge in [-0.25, -0.2) is 0 Å². The smallest absolute Gasteiger partial charge is 0.314 e. The summed E-state index contributed by atoms with van der Waals surface area (Å²) in [5.74, 6) is 0.247. The lowest BCUT2D eigenvalue weighted by atomic mass is 9.82. The first-order chi connectivity index (χ1) is 16.6. The van der Waals surface area contributed by atoms with Gasteiger partial charge >= 0.3 is 5.97 Å². The topological polar surface area (TPSA) is 102 Å². The molecule has 9 heteroatoms. The van der Waals surface area contributed by atoms with Crippen LogP contribution in [-0.2, 0) is 33.2 Å². The second-order valence-corrected chi connectivity index (χ2v) is 10.0. The summed E-state index contributed by atoms with van der Waals surface area (Å²) in [5.41, 5.74) is 0.0258. The fourth-order valence-electron chi connectivity index (χ4n) is 4.84. The molecule has 1 N–H and O–H groups in total. The summed E-state index contributed by atoms with van der Waals surface area (Å²) < 4.78 is 39.7. The van der Waals surface area contributed by atoms with Crippen LogP contribution in [0.15, 0.2) is 24.3 Å². The fraction of sp³-hybridized carbons (Fsp3) is 0.731. The Hall–Kier alpha value is -1.75. The molecule has 4 unspecified atom stereocenters. The van der Waals surface area contributed by atoms with E-state index in [0.717, 1.165) is 11.3 Å². The fourth-order valence-corrected chi connectivity index (χ4v) is 4.84. The van der Waals surface area contributed by atoms with Crippen molar-refractivity contribution in [1.82, 2.24) is 0 Å². The molecule has 2 heterocycles. The molecule has 0 amide bonds. The molecule has 0 aliphatic carbocycles. The summed E-state index contributed by atoms with van der Waals surface area (Å²) >= 11 is 0. The Kier molecular flexibility index (Phi) is 9.53. The van der Waals surface area contributed by atoms with Crippen molar-refractivity contribution in [3.63, 3.8) is 0 Å². The number of cyclic esters (lactones) is 1. The molecule has 3 rings (SSSR count). The molecule has 8 atom stereocenters. The third-order valence-electron chi connectivity index (χ3n) is 7.15. The third kappa shape index (κ3) is 6.15. The number of aliphatic hydroxyl groups excluding tert-OH is 1. The lowest BCUT2D eigenvalue weighted by Crippen LogP contribution is -2.47. The Morgan fingerprint density at radius 3 is 2.43 bits per heavy atom. The molecule has 0 spiro atoms. The summed E-state index contributed by atoms with van der Waals surface area (Å²) in [7, 11) is 4.69. The van der Waals surface area contributed by atoms with Crippen LogP contribution in [0.2, 0.25) is 0 Å². The maximum Gasteiger partial charge on any atom is 0.314 e. The number of carbonyl (C=O) groups is 1. The lowest BCUT2D eigenvalue weighted by Gasteiger charge is -2.40. The highest BCUT2D eigenvalue weighted by molar-refractivity contribution is 5.79. The van der Waals surface area contributed by atoms with E-state index in [1.807, 2.05) is 38.1 Å². The van der Waals surface area contributed by atoms with Crippen LogP contribution in [-0.4, -0.2) is 76.3 Å². The summed E-state index contributed by atoms with van der Waals surface area (Å²) in [6.07, 6.45) is -3.09. The highest BCUT2D eigenvalue weighted by Crippen LogP contribution is 2.40. The average molecular weight is 497 g/mol. The molecule has 0 bridgehead atoms. The van der Waals surface area contributed by atoms with Gasteiger partial charge in [-0.15, -0.1) is 0 Å². The molecule has 0 aromatic heterocycles. The molecular weight excluding hydrogens is 456 g/mol. The maximum absolute atomic E-state index is 12.5. The molecule has 198 valence electrons. The minimum absolute atomic E-state index is 0.0246. The standard InChI is InChI=1S/C26H40O9/c1-15-13-32-24(17-8-10-18(30-6)11-9-17)34-21(15)16(2)19(27)12-20(31-7)22-23(33-14-29-5)26(3,4)25(28)35-22/h8-11,15-16,19-24,27H,12-14H2,1-7H3/t15-,16?,19?,20+,21?,22-,23+,24?/m1/s1. The van der Waals surface area contributed by atoms with Crippen LogP contribution < -0.4 is 4.74 Å². The first kappa shape index (κ1) is 27.8. The van der Waals surface area contributed by atoms with E-state index < -0.39 is 36.1 Å². The monoisotopic (exact) mass is 496 g/mol. The number of benzene rings is 1. The largest absolute Gasteiger partial charge is 0.497 e. The third-order valence-corrected chi connectivity index (χ3v) is 7.15. The van der Waals surface area contributed by atoms with Gasteiger partial charge in [-0.05, 0) is 26.0 Å². The van der Waals surface area contributed by atoms with Crippen LogP contribution in [0, 0.1) is 17.3 Å². The summed E-state index contributed by atoms with van der Waals surface area (Å²) in [6.45, 7) is 8.08. The Bertz CT molecular complexity index is 812. The van der Waals surface area contributed by atoms with Gasteiger partial charge in [0.15, 0.2) is 12.4 Å². The minimum atomic E-state index is -0.861. The molecule has 2 aliphatic heterocycles. The SMILES string of the molecule is COCO[C@H]1[C@@H]([C@H](CC(O)C(C)C2OC(c3ccc(OC)cc3)OC[C@H]2C)OC)OC(=O)C1(C)C. The number of rotatable bonds is 11. The number of esters is 1. The predicted octanol–water partition coefficient (Wildman–Crippen LogP) is 3.09. The lowest BCUT2D eigenvalue weighted by molar-refractivity contribution is -0.257. The zero-order chi connectivity index (χ0) is 25.8. The predicted molar refractivity (Wildman–Crippen MR) is 127 cm³/mol. The van der Waals surface area contributed by atoms with Crippen molar-refractivity contribution < 1.29 is 43.1 Å². The molecule has 1 aromatic carbocycles. The van der Waals surface area contributed by atoms with Crippen molar-refractivity contribution in [3.05, 3.63) is 29.8 Å². The van der Waals surface area contributed by atoms with Crippen LogP contribution in [0.4, 0.5) is 0 Å². The van der Waals surface area contributed by atoms with Gasteiger partial charge in [0.1, 0.15) is 18.6 Å². The Morgan fingerprint density at radius 1 is 1.14 bits per heavy atom. The summed E-state index contributed by atoms with van der Waals surface area (Å²) in [5, 5.41) is 11.2. The number of ether oxygens (including phenoxy) is 7. The molecule has 2 fully saturated rings. The Balaban J connectivity index is 1.68. The van der Waals surface area contributed by atoms with Gasteiger partial charge in [0.25, 0.3) is 0 Å². The van der Waals surface area contributed by atoms with Gasteiger partial charge in [0, 0.05) is 38.0 Å². The van der Waals surface area contributed by atoms with Gasteiger partial charge in [0.05, 0.1) is 37.4 Å². The van der Waals surface area contributed by atoms with E-state index >= 15 is 0 Å². The first-order valence-electron chi connectivity index (χ1n) is 12.1. The van der Waals surface area contributed by atoms with E-state index in [2.05, 4.69) is 0 Å². The average Bonchev–Trinajstić information content (AvgIpc) is 3.08. The van der Waals surface area contributed by atoms with Crippen LogP contribution in [0.3, 0.4) is 0 Å². The summed E-state index contributed by atoms with van der Waals surface area (Å²) in [6, 6.07) is 7.55. The molecule has 2 aliphatic rings. The zero-order valence-electron chi connectivity index (χ0n) is 21.8. The number of carbonyl (C=O) groups excluding carboxylic acids is 1. The van der Waals surface area contributed by atoms with Crippen molar-refractivity contribution in [2.24, 2.45) is 17.3 Å². The van der Waals surface area contributed by atoms with Crippen molar-refractivity contribution in [2.75, 3.05) is 34.7 Å². The van der Waals surface area contributed by atoms with E-state index in [-0.39, 0.29) is 37.1 Å². The van der Waals surface area contributed by atoms with Crippen LogP contribution in [0.1, 0.15) is 46.0 Å². The van der Waals surface area contributed by atoms with E-state index in [1.165, 1.54) is 7.11 Å². The number of hydrogen-bond acceptors (Lipinski definition) is 9.